The number of hydrogen-bond acceptors (Lipinski definition) is 9. The molecule has 0 spiro atoms. The van der Waals surface area contributed by atoms with Crippen LogP contribution in [-0.4, -0.2) is 55.1 Å². The number of hydrogen-bond donors (Lipinski definition) is 5. The Hall–Kier alpha value is -3.79. The zero-order chi connectivity index (χ0) is 24.6. The molecule has 0 saturated carbocycles. The van der Waals surface area contributed by atoms with Gasteiger partial charge in [0.2, 0.25) is 5.78 Å². The van der Waals surface area contributed by atoms with Crippen molar-refractivity contribution in [1.29, 1.82) is 0 Å². The highest BCUT2D eigenvalue weighted by Gasteiger charge is 2.59. The minimum absolute atomic E-state index is 0.00491. The first-order valence-corrected chi connectivity index (χ1v) is 10.2. The van der Waals surface area contributed by atoms with Crippen LogP contribution >= 0.6 is 0 Å². The van der Waals surface area contributed by atoms with Gasteiger partial charge in [0.25, 0.3) is 5.91 Å². The van der Waals surface area contributed by atoms with E-state index in [1.807, 2.05) is 0 Å². The third-order valence-corrected chi connectivity index (χ3v) is 6.82. The zero-order valence-corrected chi connectivity index (χ0v) is 17.8. The number of aliphatic hydroxyl groups is 3. The highest BCUT2D eigenvalue weighted by molar-refractivity contribution is 6.25. The minimum atomic E-state index is -2.67. The van der Waals surface area contributed by atoms with E-state index in [2.05, 4.69) is 0 Å². The molecular formula is C23H21NO9. The number of carbonyl (C=O) groups is 5. The fourth-order valence-corrected chi connectivity index (χ4v) is 5.27. The molecule has 1 aromatic rings. The number of nitrogens with two attached hydrogens (primary N) is 1. The largest absolute Gasteiger partial charge is 0.511 e. The molecular weight excluding hydrogens is 434 g/mol. The van der Waals surface area contributed by atoms with Gasteiger partial charge in [-0.15, -0.1) is 0 Å². The second-order valence-corrected chi connectivity index (χ2v) is 8.70. The smallest absolute Gasteiger partial charge is 0.255 e. The lowest BCUT2D eigenvalue weighted by Crippen LogP contribution is -2.57. The van der Waals surface area contributed by atoms with Gasteiger partial charge >= 0.3 is 0 Å². The third-order valence-electron chi connectivity index (χ3n) is 6.82. The molecule has 0 heterocycles. The Bertz CT molecular complexity index is 1270. The van der Waals surface area contributed by atoms with Crippen LogP contribution in [0.1, 0.15) is 63.3 Å². The molecule has 172 valence electrons. The Balaban J connectivity index is 1.97. The predicted octanol–water partition coefficient (Wildman–Crippen LogP) is 0.986. The number of rotatable bonds is 3. The van der Waals surface area contributed by atoms with E-state index in [1.165, 1.54) is 13.0 Å². The van der Waals surface area contributed by atoms with Crippen LogP contribution in [-0.2, 0) is 16.0 Å². The number of fused-ring (bicyclic) bond motifs is 3. The average Bonchev–Trinajstić information content (AvgIpc) is 2.70. The normalized spacial score (nSPS) is 26.5. The van der Waals surface area contributed by atoms with Crippen molar-refractivity contribution < 1.29 is 44.4 Å². The maximum Gasteiger partial charge on any atom is 0.255 e. The summed E-state index contributed by atoms with van der Waals surface area (Å²) in [6.45, 7) is 2.40. The van der Waals surface area contributed by atoms with Crippen LogP contribution in [0, 0.1) is 11.8 Å². The van der Waals surface area contributed by atoms with Crippen LogP contribution in [0.5, 0.6) is 5.75 Å². The van der Waals surface area contributed by atoms with E-state index >= 15 is 0 Å². The number of Topliss-reactive ketones (excluding diaryl/α,β-unsaturated/α-hetero) is 4. The molecule has 10 nitrogen and oxygen atoms in total. The van der Waals surface area contributed by atoms with Crippen LogP contribution in [0.15, 0.2) is 28.7 Å². The van der Waals surface area contributed by atoms with Crippen LogP contribution < -0.4 is 5.73 Å². The highest BCUT2D eigenvalue weighted by Crippen LogP contribution is 2.52. The second kappa shape index (κ2) is 7.11. The van der Waals surface area contributed by atoms with Crippen molar-refractivity contribution in [3.05, 3.63) is 51.0 Å². The minimum Gasteiger partial charge on any atom is -0.511 e. The van der Waals surface area contributed by atoms with Gasteiger partial charge in [-0.25, -0.2) is 0 Å². The maximum atomic E-state index is 13.5. The number of phenols is 1. The van der Waals surface area contributed by atoms with Gasteiger partial charge in [0.05, 0.1) is 11.1 Å². The number of phenolic OH excluding ortho intramolecular Hbond substituents is 1. The summed E-state index contributed by atoms with van der Waals surface area (Å²) >= 11 is 0. The maximum absolute atomic E-state index is 13.5. The van der Waals surface area contributed by atoms with Crippen molar-refractivity contribution in [2.24, 2.45) is 17.6 Å². The number of aliphatic hydroxyl groups excluding tert-OH is 2. The Morgan fingerprint density at radius 2 is 1.64 bits per heavy atom. The quantitative estimate of drug-likeness (QED) is 0.326. The Labute approximate surface area is 187 Å². The molecule has 1 aromatic carbocycles. The van der Waals surface area contributed by atoms with Gasteiger partial charge in [0.15, 0.2) is 23.0 Å². The van der Waals surface area contributed by atoms with E-state index in [0.29, 0.717) is 0 Å². The van der Waals surface area contributed by atoms with E-state index < -0.39 is 69.3 Å². The first-order chi connectivity index (χ1) is 15.3. The summed E-state index contributed by atoms with van der Waals surface area (Å²) in [5.41, 5.74) is 0.922. The number of amides is 1. The molecule has 0 radical (unpaired) electrons. The monoisotopic (exact) mass is 455 g/mol. The molecule has 1 unspecified atom stereocenters. The SMILES string of the molecule is CC(=O)c1cc(C(C)=O)c2c(c1O)C(=O)C1=C(O)C3(O)C(=O)C(C(N)=O)=C(O)C[C@@H]3C[C@@H]1C2. The molecule has 1 amide bonds. The lowest BCUT2D eigenvalue weighted by atomic mass is 9.60. The molecule has 0 aliphatic heterocycles. The summed E-state index contributed by atoms with van der Waals surface area (Å²) in [4.78, 5) is 62.3. The average molecular weight is 455 g/mol. The van der Waals surface area contributed by atoms with Crippen molar-refractivity contribution in [2.45, 2.75) is 38.7 Å². The van der Waals surface area contributed by atoms with Crippen molar-refractivity contribution in [3.63, 3.8) is 0 Å². The molecule has 0 saturated heterocycles. The lowest BCUT2D eigenvalue weighted by Gasteiger charge is -2.45. The molecule has 0 bridgehead atoms. The van der Waals surface area contributed by atoms with Crippen molar-refractivity contribution in [2.75, 3.05) is 0 Å². The Morgan fingerprint density at radius 3 is 2.18 bits per heavy atom. The Morgan fingerprint density at radius 1 is 1.03 bits per heavy atom. The third kappa shape index (κ3) is 2.87. The van der Waals surface area contributed by atoms with Gasteiger partial charge in [-0.1, -0.05) is 0 Å². The topological polar surface area (TPSA) is 192 Å². The summed E-state index contributed by atoms with van der Waals surface area (Å²) in [5, 5.41) is 43.0. The number of primary amides is 1. The van der Waals surface area contributed by atoms with Crippen LogP contribution in [0.25, 0.3) is 0 Å². The second-order valence-electron chi connectivity index (χ2n) is 8.70. The number of allylic oxidation sites excluding steroid dienone is 2. The lowest BCUT2D eigenvalue weighted by molar-refractivity contribution is -0.144. The molecule has 6 N–H and O–H groups in total. The first-order valence-electron chi connectivity index (χ1n) is 10.2. The molecule has 0 aromatic heterocycles. The van der Waals surface area contributed by atoms with Crippen molar-refractivity contribution >= 4 is 29.0 Å². The molecule has 3 aliphatic rings. The van der Waals surface area contributed by atoms with Crippen molar-refractivity contribution in [1.82, 2.24) is 0 Å². The van der Waals surface area contributed by atoms with Crippen LogP contribution in [0.4, 0.5) is 0 Å². The summed E-state index contributed by atoms with van der Waals surface area (Å²) in [6.07, 6.45) is -0.395. The van der Waals surface area contributed by atoms with Gasteiger partial charge in [-0.2, -0.15) is 0 Å². The standard InChI is InChI=1S/C23H21NO9/c1-7(25)11-6-12(8(2)26)18(28)16-13(11)4-9-3-10-5-14(27)17(22(24)32)21(31)23(10,33)20(30)15(9)19(16)29/h6,9-10,27-28,30,33H,3-5H2,1-2H3,(H2,24,32)/t9-,10+,23?/m1/s1. The van der Waals surface area contributed by atoms with Gasteiger partial charge in [0, 0.05) is 23.5 Å². The van der Waals surface area contributed by atoms with Crippen molar-refractivity contribution in [3.8, 4) is 5.75 Å². The predicted molar refractivity (Wildman–Crippen MR) is 111 cm³/mol. The van der Waals surface area contributed by atoms with E-state index in [-0.39, 0.29) is 47.1 Å². The summed E-state index contributed by atoms with van der Waals surface area (Å²) in [5.74, 6) is -8.69. The highest BCUT2D eigenvalue weighted by atomic mass is 16.3. The fraction of sp³-hybridized carbons (Fsp3) is 0.348. The number of ketones is 4. The molecule has 4 rings (SSSR count). The zero-order valence-electron chi connectivity index (χ0n) is 17.8. The summed E-state index contributed by atoms with van der Waals surface area (Å²) in [6, 6.07) is 1.22. The van der Waals surface area contributed by atoms with E-state index in [1.54, 1.807) is 0 Å². The molecule has 10 heteroatoms. The first kappa shape index (κ1) is 22.4. The molecule has 33 heavy (non-hydrogen) atoms. The summed E-state index contributed by atoms with van der Waals surface area (Å²) < 4.78 is 0. The number of carbonyl (C=O) groups excluding carboxylic acids is 5. The molecule has 3 aliphatic carbocycles. The van der Waals surface area contributed by atoms with E-state index in [0.717, 1.165) is 6.92 Å². The molecule has 3 atom stereocenters. The van der Waals surface area contributed by atoms with Gasteiger partial charge in [-0.3, -0.25) is 24.0 Å². The van der Waals surface area contributed by atoms with Crippen LogP contribution in [0.2, 0.25) is 0 Å². The van der Waals surface area contributed by atoms with Gasteiger partial charge < -0.3 is 26.2 Å². The number of aromatic hydroxyl groups is 1. The van der Waals surface area contributed by atoms with Crippen LogP contribution in [0.3, 0.4) is 0 Å². The van der Waals surface area contributed by atoms with E-state index in [4.69, 9.17) is 5.73 Å². The van der Waals surface area contributed by atoms with Gasteiger partial charge in [-0.05, 0) is 44.2 Å². The summed E-state index contributed by atoms with van der Waals surface area (Å²) in [7, 11) is 0. The Kier molecular flexibility index (Phi) is 4.83. The van der Waals surface area contributed by atoms with Gasteiger partial charge in [0.1, 0.15) is 22.8 Å². The molecule has 0 fully saturated rings. The fourth-order valence-electron chi connectivity index (χ4n) is 5.27. The number of benzene rings is 1. The van der Waals surface area contributed by atoms with E-state index in [9.17, 15) is 44.4 Å².